The van der Waals surface area contributed by atoms with E-state index in [0.717, 1.165) is 6.26 Å². The van der Waals surface area contributed by atoms with Crippen molar-refractivity contribution in [3.8, 4) is 0 Å². The van der Waals surface area contributed by atoms with Gasteiger partial charge >= 0.3 is 0 Å². The van der Waals surface area contributed by atoms with Crippen molar-refractivity contribution < 1.29 is 26.2 Å². The Labute approximate surface area is 161 Å². The maximum atomic E-state index is 12.1. The van der Waals surface area contributed by atoms with Crippen LogP contribution >= 0.6 is 0 Å². The lowest BCUT2D eigenvalue weighted by Crippen LogP contribution is -2.58. The lowest BCUT2D eigenvalue weighted by molar-refractivity contribution is -0.136. The molecule has 0 bridgehead atoms. The van der Waals surface area contributed by atoms with E-state index in [1.165, 1.54) is 11.8 Å². The van der Waals surface area contributed by atoms with Crippen molar-refractivity contribution in [1.29, 1.82) is 0 Å². The van der Waals surface area contributed by atoms with Crippen molar-refractivity contribution in [2.75, 3.05) is 19.4 Å². The number of likely N-dealkylation sites (tertiary alicyclic amines) is 1. The van der Waals surface area contributed by atoms with E-state index < -0.39 is 65.6 Å². The number of amides is 1. The molecule has 0 spiro atoms. The summed E-state index contributed by atoms with van der Waals surface area (Å²) in [5, 5.41) is 0. The molecular formula is C18H34N2O4S. The van der Waals surface area contributed by atoms with Gasteiger partial charge in [0.2, 0.25) is 15.9 Å². The maximum absolute atomic E-state index is 12.1. The number of carbonyl (C=O) groups is 1. The summed E-state index contributed by atoms with van der Waals surface area (Å²) in [5.74, 6) is -2.44. The Morgan fingerprint density at radius 2 is 2.00 bits per heavy atom. The Kier molecular flexibility index (Phi) is 4.76. The number of sulfonamides is 1. The van der Waals surface area contributed by atoms with Gasteiger partial charge in [0.1, 0.15) is 0 Å². The minimum Gasteiger partial charge on any atom is -0.376 e. The highest BCUT2D eigenvalue weighted by atomic mass is 32.2. The van der Waals surface area contributed by atoms with Gasteiger partial charge in [-0.3, -0.25) is 4.79 Å². The highest BCUT2D eigenvalue weighted by Gasteiger charge is 2.35. The van der Waals surface area contributed by atoms with Crippen LogP contribution in [0.25, 0.3) is 0 Å². The molecule has 1 heterocycles. The Morgan fingerprint density at radius 3 is 2.52 bits per heavy atom. The van der Waals surface area contributed by atoms with Gasteiger partial charge in [-0.1, -0.05) is 13.8 Å². The molecule has 0 aromatic carbocycles. The number of ether oxygens (including phenoxy) is 1. The fourth-order valence-electron chi connectivity index (χ4n) is 3.20. The topological polar surface area (TPSA) is 75.7 Å². The average molecular weight is 381 g/mol. The van der Waals surface area contributed by atoms with Gasteiger partial charge in [0.25, 0.3) is 0 Å². The van der Waals surface area contributed by atoms with Gasteiger partial charge in [0.05, 0.1) is 26.4 Å². The zero-order chi connectivity index (χ0) is 23.9. The van der Waals surface area contributed by atoms with Crippen molar-refractivity contribution in [2.45, 2.75) is 77.4 Å². The number of hydrogen-bond donors (Lipinski definition) is 1. The van der Waals surface area contributed by atoms with Gasteiger partial charge in [-0.2, -0.15) is 0 Å². The second-order valence-corrected chi connectivity index (χ2v) is 8.73. The molecule has 1 aliphatic heterocycles. The second-order valence-electron chi connectivity index (χ2n) is 6.95. The molecule has 2 fully saturated rings. The smallest absolute Gasteiger partial charge is 0.219 e. The molecule has 6 atom stereocenters. The molecule has 25 heavy (non-hydrogen) atoms. The molecule has 7 heteroatoms. The van der Waals surface area contributed by atoms with Gasteiger partial charge in [0.15, 0.2) is 0 Å². The van der Waals surface area contributed by atoms with Crippen LogP contribution in [-0.4, -0.2) is 56.8 Å². The van der Waals surface area contributed by atoms with E-state index in [9.17, 15) is 13.2 Å². The summed E-state index contributed by atoms with van der Waals surface area (Å²) in [4.78, 5) is 13.6. The number of piperidine rings is 1. The van der Waals surface area contributed by atoms with Crippen LogP contribution < -0.4 is 4.72 Å². The molecule has 0 aromatic rings. The standard InChI is InChI=1S/C18H34N2O4S/c1-13(2)15-7-9-16(10-8-15)24-12-18-17(19-25(4,22)23)6-5-11-20(18)14(3)21/h13,15-19H,5-12H2,1-4H3/t15?,16?,17-,18-/m0/s1/i7D,8D,9D,10D,15D,16D/t7?,8?,9?,10?,15?,16?,17-,18-. The van der Waals surface area contributed by atoms with E-state index in [1.807, 2.05) is 0 Å². The predicted octanol–water partition coefficient (Wildman–Crippen LogP) is 2.15. The van der Waals surface area contributed by atoms with Gasteiger partial charge in [-0.15, -0.1) is 0 Å². The molecular weight excluding hydrogens is 340 g/mol. The number of carbonyl (C=O) groups excluding carboxylic acids is 1. The number of nitrogens with zero attached hydrogens (tertiary/aromatic N) is 1. The minimum atomic E-state index is -3.58. The third kappa shape index (κ3) is 6.22. The lowest BCUT2D eigenvalue weighted by Gasteiger charge is -2.41. The zero-order valence-corrected chi connectivity index (χ0v) is 16.2. The third-order valence-electron chi connectivity index (χ3n) is 4.52. The van der Waals surface area contributed by atoms with Gasteiger partial charge in [-0.25, -0.2) is 13.1 Å². The molecule has 0 aromatic heterocycles. The quantitative estimate of drug-likeness (QED) is 0.766. The first-order chi connectivity index (χ1) is 14.1. The molecule has 1 saturated heterocycles. The molecule has 0 radical (unpaired) electrons. The van der Waals surface area contributed by atoms with Crippen molar-refractivity contribution in [3.05, 3.63) is 0 Å². The summed E-state index contributed by atoms with van der Waals surface area (Å²) in [6.07, 6.45) is -6.23. The maximum Gasteiger partial charge on any atom is 0.219 e. The van der Waals surface area contributed by atoms with Crippen LogP contribution in [0, 0.1) is 11.8 Å². The first-order valence-corrected chi connectivity index (χ1v) is 10.5. The second kappa shape index (κ2) is 8.82. The van der Waals surface area contributed by atoms with Crippen LogP contribution in [0.4, 0.5) is 0 Å². The van der Waals surface area contributed by atoms with Crippen molar-refractivity contribution in [3.63, 3.8) is 0 Å². The summed E-state index contributed by atoms with van der Waals surface area (Å²) in [7, 11) is -3.58. The Hall–Kier alpha value is -0.660. The largest absolute Gasteiger partial charge is 0.376 e. The van der Waals surface area contributed by atoms with Crippen LogP contribution in [0.3, 0.4) is 0 Å². The van der Waals surface area contributed by atoms with E-state index in [2.05, 4.69) is 4.72 Å². The van der Waals surface area contributed by atoms with Crippen LogP contribution in [0.15, 0.2) is 0 Å². The fraction of sp³-hybridized carbons (Fsp3) is 0.944. The predicted molar refractivity (Wildman–Crippen MR) is 98.7 cm³/mol. The van der Waals surface area contributed by atoms with E-state index in [4.69, 9.17) is 13.0 Å². The molecule has 146 valence electrons. The van der Waals surface area contributed by atoms with E-state index >= 15 is 0 Å². The summed E-state index contributed by atoms with van der Waals surface area (Å²) >= 11 is 0. The SMILES string of the molecule is [2H]C1C([2H])C([2H])(C(C)C)C([2H])C([2H])C1([2H])OC[C@H]1[C@@H](NS(C)(=O)=O)CCCN1C(C)=O. The Morgan fingerprint density at radius 1 is 1.36 bits per heavy atom. The van der Waals surface area contributed by atoms with Gasteiger partial charge < -0.3 is 9.64 Å². The summed E-state index contributed by atoms with van der Waals surface area (Å²) in [5.41, 5.74) is 0. The Bertz CT molecular complexity index is 754. The van der Waals surface area contributed by atoms with Crippen LogP contribution in [0.2, 0.25) is 0 Å². The Balaban J connectivity index is 2.31. The molecule has 1 amide bonds. The van der Waals surface area contributed by atoms with E-state index in [1.54, 1.807) is 13.8 Å². The number of hydrogen-bond acceptors (Lipinski definition) is 4. The summed E-state index contributed by atoms with van der Waals surface area (Å²) in [6, 6.07) is -1.40. The van der Waals surface area contributed by atoms with Crippen molar-refractivity contribution in [1.82, 2.24) is 9.62 Å². The first kappa shape index (κ1) is 13.5. The summed E-state index contributed by atoms with van der Waals surface area (Å²) in [6.45, 7) is 4.76. The third-order valence-corrected chi connectivity index (χ3v) is 5.25. The van der Waals surface area contributed by atoms with Crippen molar-refractivity contribution in [2.24, 2.45) is 11.8 Å². The average Bonchev–Trinajstić information content (AvgIpc) is 2.67. The normalized spacial score (nSPS) is 52.4. The highest BCUT2D eigenvalue weighted by molar-refractivity contribution is 7.88. The lowest BCUT2D eigenvalue weighted by atomic mass is 9.80. The molecule has 1 saturated carbocycles. The minimum absolute atomic E-state index is 0.289. The van der Waals surface area contributed by atoms with E-state index in [0.29, 0.717) is 19.4 Å². The van der Waals surface area contributed by atoms with Gasteiger partial charge in [0, 0.05) is 26.4 Å². The zero-order valence-electron chi connectivity index (χ0n) is 21.4. The van der Waals surface area contributed by atoms with Crippen LogP contribution in [0.1, 0.15) is 67.4 Å². The molecule has 1 N–H and O–H groups in total. The number of nitrogens with one attached hydrogen (secondary N) is 1. The molecule has 4 unspecified atom stereocenters. The molecule has 2 aliphatic rings. The molecule has 2 rings (SSSR count). The number of rotatable bonds is 6. The fourth-order valence-corrected chi connectivity index (χ4v) is 4.02. The summed E-state index contributed by atoms with van der Waals surface area (Å²) < 4.78 is 82.7. The molecule has 1 aliphatic carbocycles. The van der Waals surface area contributed by atoms with Crippen LogP contribution in [0.5, 0.6) is 0 Å². The highest BCUT2D eigenvalue weighted by Crippen LogP contribution is 2.31. The van der Waals surface area contributed by atoms with Crippen molar-refractivity contribution >= 4 is 15.9 Å². The van der Waals surface area contributed by atoms with Gasteiger partial charge in [-0.05, 0) is 50.2 Å². The monoisotopic (exact) mass is 380 g/mol. The van der Waals surface area contributed by atoms with Crippen LogP contribution in [-0.2, 0) is 19.6 Å². The molecule has 6 nitrogen and oxygen atoms in total. The first-order valence-electron chi connectivity index (χ1n) is 12.0. The van der Waals surface area contributed by atoms with E-state index in [-0.39, 0.29) is 12.5 Å².